The Balaban J connectivity index is 2.21. The molecule has 114 valence electrons. The number of pyridine rings is 1. The number of rotatable bonds is 3. The summed E-state index contributed by atoms with van der Waals surface area (Å²) in [5, 5.41) is 5.17. The van der Waals surface area contributed by atoms with Crippen LogP contribution >= 0.6 is 23.4 Å². The Bertz CT molecular complexity index is 904. The van der Waals surface area contributed by atoms with Gasteiger partial charge in [-0.1, -0.05) is 17.7 Å². The maximum atomic E-state index is 14.2. The van der Waals surface area contributed by atoms with E-state index in [0.717, 1.165) is 10.1 Å². The lowest BCUT2D eigenvalue weighted by molar-refractivity contribution is 0.552. The van der Waals surface area contributed by atoms with Gasteiger partial charge in [0.05, 0.1) is 12.2 Å². The van der Waals surface area contributed by atoms with Gasteiger partial charge >= 0.3 is 5.56 Å². The highest BCUT2D eigenvalue weighted by Gasteiger charge is 2.16. The maximum absolute atomic E-state index is 14.2. The van der Waals surface area contributed by atoms with Crippen LogP contribution in [0.5, 0.6) is 0 Å². The average Bonchev–Trinajstić information content (AvgIpc) is 2.95. The molecule has 3 aromatic rings. The molecule has 8 heteroatoms. The standard InChI is InChI=1S/C14H12ClFN4OS/c1-8-13(16)14(21)20-12(5-11(18-20)22-2)19(8)7-9-3-4-10(15)17-6-9/h3-6H,7H2,1-2H3. The average molecular weight is 339 g/mol. The van der Waals surface area contributed by atoms with Gasteiger partial charge in [0.2, 0.25) is 5.82 Å². The third-order valence-electron chi connectivity index (χ3n) is 3.39. The molecule has 0 unspecified atom stereocenters. The van der Waals surface area contributed by atoms with Crippen LogP contribution in [0.1, 0.15) is 11.3 Å². The normalized spacial score (nSPS) is 11.3. The summed E-state index contributed by atoms with van der Waals surface area (Å²) >= 11 is 7.17. The fraction of sp³-hybridized carbons (Fsp3) is 0.214. The maximum Gasteiger partial charge on any atom is 0.310 e. The highest BCUT2D eigenvalue weighted by Crippen LogP contribution is 2.18. The van der Waals surface area contributed by atoms with Crippen LogP contribution < -0.4 is 5.56 Å². The minimum absolute atomic E-state index is 0.264. The van der Waals surface area contributed by atoms with Gasteiger partial charge in [-0.2, -0.15) is 14.0 Å². The monoisotopic (exact) mass is 338 g/mol. The number of hydrogen-bond donors (Lipinski definition) is 0. The molecule has 0 saturated carbocycles. The molecule has 0 bridgehead atoms. The van der Waals surface area contributed by atoms with Crippen molar-refractivity contribution in [3.63, 3.8) is 0 Å². The van der Waals surface area contributed by atoms with E-state index in [0.29, 0.717) is 22.4 Å². The van der Waals surface area contributed by atoms with Crippen molar-refractivity contribution < 1.29 is 4.39 Å². The molecule has 0 aromatic carbocycles. The summed E-state index contributed by atoms with van der Waals surface area (Å²) < 4.78 is 17.0. The predicted molar refractivity (Wildman–Crippen MR) is 84.3 cm³/mol. The van der Waals surface area contributed by atoms with E-state index in [1.165, 1.54) is 11.8 Å². The first-order chi connectivity index (χ1) is 10.5. The van der Waals surface area contributed by atoms with E-state index in [2.05, 4.69) is 10.1 Å². The zero-order chi connectivity index (χ0) is 15.9. The number of aromatic nitrogens is 4. The van der Waals surface area contributed by atoms with Crippen molar-refractivity contribution in [1.29, 1.82) is 0 Å². The van der Waals surface area contributed by atoms with E-state index in [4.69, 9.17) is 11.6 Å². The van der Waals surface area contributed by atoms with Crippen LogP contribution in [0.2, 0.25) is 5.15 Å². The van der Waals surface area contributed by atoms with E-state index < -0.39 is 11.4 Å². The van der Waals surface area contributed by atoms with Crippen LogP contribution in [0.4, 0.5) is 4.39 Å². The predicted octanol–water partition coefficient (Wildman–Crippen LogP) is 2.76. The van der Waals surface area contributed by atoms with Crippen LogP contribution in [-0.2, 0) is 6.54 Å². The van der Waals surface area contributed by atoms with Gasteiger partial charge in [0.15, 0.2) is 0 Å². The molecule has 0 N–H and O–H groups in total. The summed E-state index contributed by atoms with van der Waals surface area (Å²) in [6.45, 7) is 1.95. The molecule has 0 aliphatic heterocycles. The summed E-state index contributed by atoms with van der Waals surface area (Å²) in [5.41, 5.74) is 0.922. The molecule has 22 heavy (non-hydrogen) atoms. The smallest absolute Gasteiger partial charge is 0.310 e. The van der Waals surface area contributed by atoms with Gasteiger partial charge in [-0.3, -0.25) is 4.79 Å². The summed E-state index contributed by atoms with van der Waals surface area (Å²) in [6, 6.07) is 5.25. The molecule has 0 atom stereocenters. The molecule has 3 heterocycles. The zero-order valence-corrected chi connectivity index (χ0v) is 13.5. The number of fused-ring (bicyclic) bond motifs is 1. The molecule has 0 amide bonds. The topological polar surface area (TPSA) is 52.2 Å². The fourth-order valence-corrected chi connectivity index (χ4v) is 2.71. The largest absolute Gasteiger partial charge is 0.323 e. The Hall–Kier alpha value is -1.86. The molecule has 0 spiro atoms. The number of halogens is 2. The molecule has 0 aliphatic carbocycles. The second-order valence-electron chi connectivity index (χ2n) is 4.74. The first-order valence-electron chi connectivity index (χ1n) is 6.44. The number of hydrogen-bond acceptors (Lipinski definition) is 4. The van der Waals surface area contributed by atoms with Crippen LogP contribution in [0.3, 0.4) is 0 Å². The van der Waals surface area contributed by atoms with E-state index in [9.17, 15) is 9.18 Å². The van der Waals surface area contributed by atoms with Gasteiger partial charge in [0.25, 0.3) is 0 Å². The highest BCUT2D eigenvalue weighted by atomic mass is 35.5. The highest BCUT2D eigenvalue weighted by molar-refractivity contribution is 7.98. The Morgan fingerprint density at radius 1 is 1.41 bits per heavy atom. The van der Waals surface area contributed by atoms with Gasteiger partial charge in [-0.15, -0.1) is 11.8 Å². The summed E-state index contributed by atoms with van der Waals surface area (Å²) in [5.74, 6) is -0.801. The van der Waals surface area contributed by atoms with Crippen LogP contribution in [0, 0.1) is 12.7 Å². The fourth-order valence-electron chi connectivity index (χ4n) is 2.21. The van der Waals surface area contributed by atoms with Crippen molar-refractivity contribution >= 4 is 29.0 Å². The van der Waals surface area contributed by atoms with Gasteiger partial charge in [-0.05, 0) is 24.8 Å². The van der Waals surface area contributed by atoms with Crippen LogP contribution in [-0.4, -0.2) is 25.4 Å². The second-order valence-corrected chi connectivity index (χ2v) is 5.95. The molecule has 0 radical (unpaired) electrons. The Labute approximate surface area is 134 Å². The lowest BCUT2D eigenvalue weighted by atomic mass is 10.2. The number of nitrogens with zero attached hydrogens (tertiary/aromatic N) is 4. The SMILES string of the molecule is CSc1cc2n(Cc3ccc(Cl)nc3)c(C)c(F)c(=O)n2n1. The third kappa shape index (κ3) is 2.50. The van der Waals surface area contributed by atoms with Crippen molar-refractivity contribution in [1.82, 2.24) is 19.2 Å². The zero-order valence-electron chi connectivity index (χ0n) is 11.9. The van der Waals surface area contributed by atoms with Gasteiger partial charge < -0.3 is 4.57 Å². The first kappa shape index (κ1) is 15.1. The second kappa shape index (κ2) is 5.73. The van der Waals surface area contributed by atoms with E-state index in [1.54, 1.807) is 29.8 Å². The molecule has 3 rings (SSSR count). The van der Waals surface area contributed by atoms with Crippen molar-refractivity contribution in [2.45, 2.75) is 18.5 Å². The Kier molecular flexibility index (Phi) is 3.92. The van der Waals surface area contributed by atoms with Crippen molar-refractivity contribution in [2.24, 2.45) is 0 Å². The van der Waals surface area contributed by atoms with Gasteiger partial charge in [0, 0.05) is 12.3 Å². The molecule has 0 saturated heterocycles. The summed E-state index contributed by atoms with van der Waals surface area (Å²) in [7, 11) is 0. The number of thioether (sulfide) groups is 1. The van der Waals surface area contributed by atoms with Crippen molar-refractivity contribution in [3.05, 3.63) is 57.0 Å². The van der Waals surface area contributed by atoms with E-state index >= 15 is 0 Å². The van der Waals surface area contributed by atoms with Crippen molar-refractivity contribution in [3.8, 4) is 0 Å². The quantitative estimate of drug-likeness (QED) is 0.544. The van der Waals surface area contributed by atoms with E-state index in [1.807, 2.05) is 12.3 Å². The molecule has 0 fully saturated rings. The summed E-state index contributed by atoms with van der Waals surface area (Å²) in [4.78, 5) is 16.0. The Morgan fingerprint density at radius 2 is 2.18 bits per heavy atom. The van der Waals surface area contributed by atoms with E-state index in [-0.39, 0.29) is 5.69 Å². The Morgan fingerprint density at radius 3 is 2.82 bits per heavy atom. The minimum Gasteiger partial charge on any atom is -0.323 e. The molecule has 0 aliphatic rings. The van der Waals surface area contributed by atoms with Crippen molar-refractivity contribution in [2.75, 3.05) is 6.26 Å². The molecular formula is C14H12ClFN4OS. The molecule has 5 nitrogen and oxygen atoms in total. The third-order valence-corrected chi connectivity index (χ3v) is 4.23. The lowest BCUT2D eigenvalue weighted by Gasteiger charge is -2.13. The lowest BCUT2D eigenvalue weighted by Crippen LogP contribution is -2.25. The van der Waals surface area contributed by atoms with Crippen LogP contribution in [0.25, 0.3) is 5.65 Å². The first-order valence-corrected chi connectivity index (χ1v) is 8.04. The van der Waals surface area contributed by atoms with Gasteiger partial charge in [-0.25, -0.2) is 4.98 Å². The molecule has 3 aromatic heterocycles. The summed E-state index contributed by atoms with van der Waals surface area (Å²) in [6.07, 6.45) is 3.48. The molecular weight excluding hydrogens is 327 g/mol. The van der Waals surface area contributed by atoms with Crippen LogP contribution in [0.15, 0.2) is 34.2 Å². The minimum atomic E-state index is -0.801. The van der Waals surface area contributed by atoms with Gasteiger partial charge in [0.1, 0.15) is 15.8 Å².